The van der Waals surface area contributed by atoms with Crippen molar-refractivity contribution in [1.29, 1.82) is 0 Å². The summed E-state index contributed by atoms with van der Waals surface area (Å²) in [6.07, 6.45) is -2.56. The van der Waals surface area contributed by atoms with E-state index in [9.17, 15) is 13.6 Å². The van der Waals surface area contributed by atoms with E-state index in [0.29, 0.717) is 18.8 Å². The van der Waals surface area contributed by atoms with Gasteiger partial charge in [-0.25, -0.2) is 8.78 Å². The van der Waals surface area contributed by atoms with Crippen molar-refractivity contribution in [2.75, 3.05) is 19.0 Å². The lowest BCUT2D eigenvalue weighted by Gasteiger charge is -2.21. The molecule has 0 aromatic heterocycles. The van der Waals surface area contributed by atoms with E-state index in [1.165, 1.54) is 0 Å². The molecule has 0 bridgehead atoms. The molecule has 0 spiro atoms. The molecular weight excluding hydrogens is 276 g/mol. The first-order valence-electron chi connectivity index (χ1n) is 5.94. The molecule has 0 N–H and O–H groups in total. The number of amides is 1. The third kappa shape index (κ3) is 3.42. The molecule has 19 heavy (non-hydrogen) atoms. The number of benzene rings is 1. The van der Waals surface area contributed by atoms with Crippen LogP contribution in [0.15, 0.2) is 18.2 Å². The summed E-state index contributed by atoms with van der Waals surface area (Å²) in [6, 6.07) is 5.15. The van der Waals surface area contributed by atoms with Gasteiger partial charge in [-0.2, -0.15) is 0 Å². The van der Waals surface area contributed by atoms with Gasteiger partial charge < -0.3 is 9.64 Å². The molecule has 6 heteroatoms. The van der Waals surface area contributed by atoms with E-state index < -0.39 is 18.9 Å². The lowest BCUT2D eigenvalue weighted by molar-refractivity contribution is 0.0571. The predicted octanol–water partition coefficient (Wildman–Crippen LogP) is 2.66. The van der Waals surface area contributed by atoms with E-state index >= 15 is 0 Å². The van der Waals surface area contributed by atoms with Crippen molar-refractivity contribution in [3.63, 3.8) is 0 Å². The summed E-state index contributed by atoms with van der Waals surface area (Å²) in [5.41, 5.74) is 2.37. The highest BCUT2D eigenvalue weighted by Crippen LogP contribution is 2.21. The topological polar surface area (TPSA) is 29.5 Å². The van der Waals surface area contributed by atoms with Crippen LogP contribution in [0.2, 0.25) is 0 Å². The van der Waals surface area contributed by atoms with Crippen LogP contribution in [0, 0.1) is 0 Å². The third-order valence-electron chi connectivity index (χ3n) is 2.97. The van der Waals surface area contributed by atoms with Crippen molar-refractivity contribution in [2.45, 2.75) is 19.6 Å². The van der Waals surface area contributed by atoms with Gasteiger partial charge in [0.05, 0.1) is 19.8 Å². The lowest BCUT2D eigenvalue weighted by Crippen LogP contribution is -2.36. The van der Waals surface area contributed by atoms with Gasteiger partial charge in [0.1, 0.15) is 0 Å². The maximum atomic E-state index is 12.4. The first-order chi connectivity index (χ1) is 9.11. The number of rotatable bonds is 5. The number of alkyl halides is 3. The number of hydrogen-bond acceptors (Lipinski definition) is 2. The smallest absolute Gasteiger partial charge is 0.255 e. The van der Waals surface area contributed by atoms with Crippen molar-refractivity contribution < 1.29 is 18.3 Å². The first-order valence-corrected chi connectivity index (χ1v) is 6.48. The van der Waals surface area contributed by atoms with Crippen LogP contribution in [0.4, 0.5) is 8.78 Å². The number of nitrogens with zero attached hydrogens (tertiary/aromatic N) is 1. The quantitative estimate of drug-likeness (QED) is 0.780. The van der Waals surface area contributed by atoms with Crippen molar-refractivity contribution in [2.24, 2.45) is 0 Å². The molecule has 0 radical (unpaired) electrons. The van der Waals surface area contributed by atoms with Crippen LogP contribution >= 0.6 is 11.6 Å². The molecule has 0 saturated carbocycles. The highest BCUT2D eigenvalue weighted by molar-refractivity contribution is 6.18. The van der Waals surface area contributed by atoms with Gasteiger partial charge in [0.2, 0.25) is 0 Å². The fourth-order valence-electron chi connectivity index (χ4n) is 2.03. The Labute approximate surface area is 115 Å². The van der Waals surface area contributed by atoms with Gasteiger partial charge in [0.25, 0.3) is 12.3 Å². The summed E-state index contributed by atoms with van der Waals surface area (Å²) in [6.45, 7) is 0.504. The highest BCUT2D eigenvalue weighted by Gasteiger charge is 2.21. The molecule has 1 aromatic rings. The average Bonchev–Trinajstić information content (AvgIpc) is 2.84. The van der Waals surface area contributed by atoms with Crippen molar-refractivity contribution in [3.8, 4) is 0 Å². The summed E-state index contributed by atoms with van der Waals surface area (Å²) in [7, 11) is 0. The number of ether oxygens (including phenoxy) is 1. The van der Waals surface area contributed by atoms with E-state index in [-0.39, 0.29) is 12.4 Å². The van der Waals surface area contributed by atoms with Gasteiger partial charge in [0, 0.05) is 18.0 Å². The SMILES string of the molecule is O=C(c1ccc2c(c1)COC2)N(CCCl)CC(F)F. The minimum absolute atomic E-state index is 0.109. The summed E-state index contributed by atoms with van der Waals surface area (Å²) in [5, 5.41) is 0. The fraction of sp³-hybridized carbons (Fsp3) is 0.462. The van der Waals surface area contributed by atoms with E-state index in [2.05, 4.69) is 0 Å². The van der Waals surface area contributed by atoms with Crippen molar-refractivity contribution in [3.05, 3.63) is 34.9 Å². The van der Waals surface area contributed by atoms with Gasteiger partial charge in [-0.05, 0) is 23.3 Å². The Hall–Kier alpha value is -1.20. The Kier molecular flexibility index (Phi) is 4.71. The van der Waals surface area contributed by atoms with Crippen LogP contribution in [-0.4, -0.2) is 36.2 Å². The Morgan fingerprint density at radius 1 is 1.37 bits per heavy atom. The Balaban J connectivity index is 2.16. The summed E-state index contributed by atoms with van der Waals surface area (Å²) >= 11 is 5.55. The zero-order valence-corrected chi connectivity index (χ0v) is 11.0. The standard InChI is InChI=1S/C13H14ClF2NO2/c14-3-4-17(6-12(15)16)13(18)9-1-2-10-7-19-8-11(10)5-9/h1-2,5,12H,3-4,6-8H2. The minimum atomic E-state index is -2.56. The summed E-state index contributed by atoms with van der Waals surface area (Å²) in [4.78, 5) is 13.2. The second-order valence-electron chi connectivity index (χ2n) is 4.31. The number of carbonyl (C=O) groups is 1. The Bertz CT molecular complexity index is 468. The monoisotopic (exact) mass is 289 g/mol. The number of fused-ring (bicyclic) bond motifs is 1. The second kappa shape index (κ2) is 6.30. The van der Waals surface area contributed by atoms with Crippen LogP contribution in [0.5, 0.6) is 0 Å². The number of carbonyl (C=O) groups excluding carboxylic acids is 1. The van der Waals surface area contributed by atoms with Gasteiger partial charge in [0.15, 0.2) is 0 Å². The van der Waals surface area contributed by atoms with Crippen molar-refractivity contribution in [1.82, 2.24) is 4.90 Å². The molecule has 0 saturated heterocycles. The summed E-state index contributed by atoms with van der Waals surface area (Å²) < 4.78 is 30.1. The molecular formula is C13H14ClF2NO2. The summed E-state index contributed by atoms with van der Waals surface area (Å²) in [5.74, 6) is -0.289. The molecule has 2 rings (SSSR count). The van der Waals surface area contributed by atoms with E-state index in [0.717, 1.165) is 16.0 Å². The molecule has 0 aliphatic carbocycles. The molecule has 104 valence electrons. The fourth-order valence-corrected chi connectivity index (χ4v) is 2.24. The number of hydrogen-bond donors (Lipinski definition) is 0. The molecule has 1 aliphatic rings. The average molecular weight is 290 g/mol. The Morgan fingerprint density at radius 3 is 2.79 bits per heavy atom. The van der Waals surface area contributed by atoms with Gasteiger partial charge >= 0.3 is 0 Å². The first kappa shape index (κ1) is 14.2. The van der Waals surface area contributed by atoms with E-state index in [1.54, 1.807) is 18.2 Å². The zero-order valence-electron chi connectivity index (χ0n) is 10.2. The maximum absolute atomic E-state index is 12.4. The highest BCUT2D eigenvalue weighted by atomic mass is 35.5. The predicted molar refractivity (Wildman–Crippen MR) is 67.6 cm³/mol. The largest absolute Gasteiger partial charge is 0.372 e. The molecule has 1 amide bonds. The molecule has 3 nitrogen and oxygen atoms in total. The van der Waals surface area contributed by atoms with Crippen LogP contribution in [0.25, 0.3) is 0 Å². The lowest BCUT2D eigenvalue weighted by atomic mass is 10.1. The molecule has 1 aromatic carbocycles. The number of halogens is 3. The van der Waals surface area contributed by atoms with E-state index in [4.69, 9.17) is 16.3 Å². The van der Waals surface area contributed by atoms with Crippen LogP contribution in [0.1, 0.15) is 21.5 Å². The second-order valence-corrected chi connectivity index (χ2v) is 4.69. The molecule has 1 aliphatic heterocycles. The minimum Gasteiger partial charge on any atom is -0.372 e. The molecule has 1 heterocycles. The van der Waals surface area contributed by atoms with Crippen LogP contribution in [0.3, 0.4) is 0 Å². The molecule has 0 atom stereocenters. The maximum Gasteiger partial charge on any atom is 0.255 e. The van der Waals surface area contributed by atoms with Crippen LogP contribution in [-0.2, 0) is 18.0 Å². The van der Waals surface area contributed by atoms with E-state index in [1.807, 2.05) is 0 Å². The van der Waals surface area contributed by atoms with Crippen molar-refractivity contribution >= 4 is 17.5 Å². The Morgan fingerprint density at radius 2 is 2.11 bits per heavy atom. The van der Waals surface area contributed by atoms with Gasteiger partial charge in [-0.3, -0.25) is 4.79 Å². The molecule has 0 unspecified atom stereocenters. The zero-order chi connectivity index (χ0) is 13.8. The van der Waals surface area contributed by atoms with Crippen LogP contribution < -0.4 is 0 Å². The normalized spacial score (nSPS) is 13.7. The third-order valence-corrected chi connectivity index (χ3v) is 3.14. The van der Waals surface area contributed by atoms with Gasteiger partial charge in [-0.15, -0.1) is 11.6 Å². The van der Waals surface area contributed by atoms with Gasteiger partial charge in [-0.1, -0.05) is 6.07 Å². The molecule has 0 fully saturated rings.